The van der Waals surface area contributed by atoms with E-state index in [1.807, 2.05) is 121 Å². The van der Waals surface area contributed by atoms with Crippen molar-refractivity contribution in [2.24, 2.45) is 0 Å². The van der Waals surface area contributed by atoms with Crippen LogP contribution in [0.3, 0.4) is 0 Å². The molecule has 3 heterocycles. The highest BCUT2D eigenvalue weighted by atomic mass is 16.3. The fourth-order valence-corrected chi connectivity index (χ4v) is 10.3. The van der Waals surface area contributed by atoms with Crippen LogP contribution in [0.5, 0.6) is 0 Å². The van der Waals surface area contributed by atoms with Gasteiger partial charge in [-0.3, -0.25) is 0 Å². The van der Waals surface area contributed by atoms with Gasteiger partial charge in [0.05, 0.1) is 0 Å². The zero-order chi connectivity index (χ0) is 51.8. The molecule has 0 atom stereocenters. The molecule has 0 saturated heterocycles. The van der Waals surface area contributed by atoms with E-state index in [9.17, 15) is 0 Å². The topological polar surface area (TPSA) is 56.7 Å². The first kappa shape index (κ1) is 47.7. The second-order valence-electron chi connectivity index (χ2n) is 18.2. The van der Waals surface area contributed by atoms with Gasteiger partial charge in [0.25, 0.3) is 0 Å². The number of aromatic nitrogens is 4. The van der Waals surface area contributed by atoms with Gasteiger partial charge in [0.2, 0.25) is 0 Å². The van der Waals surface area contributed by atoms with Crippen LogP contribution in [0.1, 0.15) is 0 Å². The van der Waals surface area contributed by atoms with Crippen molar-refractivity contribution >= 4 is 241 Å². The maximum absolute atomic E-state index is 7.21. The van der Waals surface area contributed by atoms with E-state index in [0.29, 0.717) is 39.8 Å². The summed E-state index contributed by atoms with van der Waals surface area (Å²) >= 11 is 0. The summed E-state index contributed by atoms with van der Waals surface area (Å²) in [6.07, 6.45) is 0. The number of hydrogen-bond donors (Lipinski definition) is 0. The molecule has 0 aliphatic carbocycles. The van der Waals surface area contributed by atoms with Crippen LogP contribution < -0.4 is 76.5 Å². The van der Waals surface area contributed by atoms with Gasteiger partial charge < -0.3 is 8.98 Å². The number of nitrogens with zero attached hydrogens (tertiary/aromatic N) is 4. The lowest BCUT2D eigenvalue weighted by Gasteiger charge is -2.27. The van der Waals surface area contributed by atoms with Crippen LogP contribution in [0.15, 0.2) is 126 Å². The highest BCUT2D eigenvalue weighted by Gasteiger charge is 2.28. The van der Waals surface area contributed by atoms with E-state index >= 15 is 0 Å². The van der Waals surface area contributed by atoms with Crippen LogP contribution in [0, 0.1) is 0 Å². The molecule has 5 nitrogen and oxygen atoms in total. The van der Waals surface area contributed by atoms with Crippen LogP contribution >= 0.6 is 0 Å². The van der Waals surface area contributed by atoms with Crippen molar-refractivity contribution in [3.8, 4) is 62.1 Å². The average Bonchev–Trinajstić information content (AvgIpc) is 3.99. The predicted octanol–water partition coefficient (Wildman–Crippen LogP) is -2.53. The highest BCUT2D eigenvalue weighted by molar-refractivity contribution is 6.74. The van der Waals surface area contributed by atoms with Crippen LogP contribution in [0.25, 0.3) is 117 Å². The van der Waals surface area contributed by atoms with Crippen LogP contribution in [-0.2, 0) is 0 Å². The van der Waals surface area contributed by atoms with Crippen molar-refractivity contribution in [2.75, 3.05) is 0 Å². The molecule has 0 bridgehead atoms. The highest BCUT2D eigenvalue weighted by Crippen LogP contribution is 2.40. The molecule has 9 aromatic carbocycles. The third-order valence-corrected chi connectivity index (χ3v) is 14.1. The molecule has 0 amide bonds. The van der Waals surface area contributed by atoms with Crippen molar-refractivity contribution in [3.05, 3.63) is 121 Å². The summed E-state index contributed by atoms with van der Waals surface area (Å²) in [7, 11) is 95.6. The van der Waals surface area contributed by atoms with Crippen LogP contribution in [-0.4, -0.2) is 129 Å². The summed E-state index contributed by atoms with van der Waals surface area (Å²) in [5.41, 5.74) is 6.98. The second-order valence-corrected chi connectivity index (χ2v) is 18.2. The summed E-state index contributed by atoms with van der Waals surface area (Å²) < 4.78 is 8.12. The molecule has 308 valence electrons. The number of para-hydroxylation sites is 1. The van der Waals surface area contributed by atoms with E-state index in [4.69, 9.17) is 129 Å². The van der Waals surface area contributed by atoms with Gasteiger partial charge >= 0.3 is 0 Å². The van der Waals surface area contributed by atoms with Gasteiger partial charge in [0, 0.05) is 49.6 Å². The maximum atomic E-state index is 7.21. The molecule has 19 heteroatoms. The molecule has 0 N–H and O–H groups in total. The molecule has 74 heavy (non-hydrogen) atoms. The maximum Gasteiger partial charge on any atom is 0.164 e. The minimum atomic E-state index is -0.0233. The first-order chi connectivity index (χ1) is 35.6. The van der Waals surface area contributed by atoms with E-state index in [1.165, 1.54) is 0 Å². The molecule has 0 saturated carbocycles. The summed E-state index contributed by atoms with van der Waals surface area (Å²) in [6.45, 7) is 0. The Labute approximate surface area is 445 Å². The molecule has 0 aliphatic rings. The third-order valence-electron chi connectivity index (χ3n) is 14.1. The van der Waals surface area contributed by atoms with E-state index < -0.39 is 0 Å². The number of furan rings is 1. The van der Waals surface area contributed by atoms with Gasteiger partial charge in [-0.25, -0.2) is 15.0 Å². The molecular formula is C55H20B14N4O. The van der Waals surface area contributed by atoms with Gasteiger partial charge in [-0.05, 0) is 56.6 Å². The molecule has 3 aromatic heterocycles. The van der Waals surface area contributed by atoms with Crippen molar-refractivity contribution in [2.45, 2.75) is 0 Å². The Morgan fingerprint density at radius 1 is 0.311 bits per heavy atom. The van der Waals surface area contributed by atoms with Gasteiger partial charge in [-0.15, -0.1) is 21.9 Å². The van der Waals surface area contributed by atoms with Gasteiger partial charge in [-0.1, -0.05) is 158 Å². The molecule has 0 aliphatic heterocycles. The lowest BCUT2D eigenvalue weighted by Crippen LogP contribution is -2.50. The Morgan fingerprint density at radius 2 is 0.743 bits per heavy atom. The molecule has 0 spiro atoms. The Balaban J connectivity index is 1.08. The Bertz CT molecular complexity index is 4320. The van der Waals surface area contributed by atoms with Crippen LogP contribution in [0.4, 0.5) is 0 Å². The molecule has 12 rings (SSSR count). The SMILES string of the molecule is [B]c1c([B])c(-n2c3c([B])c([B])c([B])c([B])c3c3c([B])c4c([B])c([B])c([B])c([B])c4c([B])c32)c([B])c([B])c1-c1cc(-c2ccc(-c3nc(-c4ccccc4)nc(-c4ccccc4)n3)cc2)c2c(c1)oc1ccccc12. The van der Waals surface area contributed by atoms with Crippen molar-refractivity contribution in [1.29, 1.82) is 0 Å². The van der Waals surface area contributed by atoms with Gasteiger partial charge in [0.1, 0.15) is 121 Å². The fraction of sp³-hybridized carbons (Fsp3) is 0. The molecule has 28 radical (unpaired) electrons. The minimum Gasteiger partial charge on any atom is -0.456 e. The van der Waals surface area contributed by atoms with E-state index in [0.717, 1.165) is 38.6 Å². The van der Waals surface area contributed by atoms with Crippen molar-refractivity contribution in [1.82, 2.24) is 19.5 Å². The zero-order valence-corrected chi connectivity index (χ0v) is 39.3. The normalized spacial score (nSPS) is 11.7. The smallest absolute Gasteiger partial charge is 0.164 e. The van der Waals surface area contributed by atoms with Gasteiger partial charge in [0.15, 0.2) is 17.5 Å². The lowest BCUT2D eigenvalue weighted by molar-refractivity contribution is 0.669. The number of hydrogen-bond acceptors (Lipinski definition) is 4. The molecular weight excluding hydrogens is 884 g/mol. The second kappa shape index (κ2) is 17.7. The summed E-state index contributed by atoms with van der Waals surface area (Å²) in [4.78, 5) is 14.7. The van der Waals surface area contributed by atoms with Gasteiger partial charge in [-0.2, -0.15) is 0 Å². The van der Waals surface area contributed by atoms with Crippen molar-refractivity contribution < 1.29 is 4.42 Å². The van der Waals surface area contributed by atoms with Crippen molar-refractivity contribution in [3.63, 3.8) is 0 Å². The molecule has 12 aromatic rings. The standard InChI is InChI=1S/C55H20B14N4O/c56-36-32-33(40(60)44(64)43(63)39(32)59)42(62)50-34(36)35-41(61)45(65)46(66)49(69)51(35)73(50)52-47(67)37(57)30(38(58)48(52)68)25-19-27(31-26-13-7-8-14-28(26)74-29(31)20-25)21-15-17-24(18-16-21)55-71-53(22-9-3-1-4-10-22)70-54(72-55)23-11-5-2-6-12-23/h1-20H. The van der Waals surface area contributed by atoms with Crippen LogP contribution in [0.2, 0.25) is 0 Å². The predicted molar refractivity (Wildman–Crippen MR) is 322 cm³/mol. The fourth-order valence-electron chi connectivity index (χ4n) is 10.3. The quantitative estimate of drug-likeness (QED) is 0.173. The minimum absolute atomic E-state index is 0.000470. The summed E-state index contributed by atoms with van der Waals surface area (Å²) in [6, 6.07) is 39.1. The monoisotopic (exact) mass is 906 g/mol. The number of rotatable bonds is 6. The molecule has 0 unspecified atom stereocenters. The third kappa shape index (κ3) is 7.01. The number of benzene rings is 9. The largest absolute Gasteiger partial charge is 0.456 e. The Morgan fingerprint density at radius 3 is 1.30 bits per heavy atom. The number of fused-ring (bicyclic) bond motifs is 7. The van der Waals surface area contributed by atoms with E-state index in [2.05, 4.69) is 0 Å². The molecule has 0 fully saturated rings. The van der Waals surface area contributed by atoms with E-state index in [1.54, 1.807) is 4.57 Å². The average molecular weight is 904 g/mol. The summed E-state index contributed by atoms with van der Waals surface area (Å²) in [5.74, 6) is 1.59. The Hall–Kier alpha value is -7.24. The first-order valence-corrected chi connectivity index (χ1v) is 23.1. The van der Waals surface area contributed by atoms with E-state index in [-0.39, 0.29) is 115 Å². The zero-order valence-electron chi connectivity index (χ0n) is 39.3. The summed E-state index contributed by atoms with van der Waals surface area (Å²) in [5, 5.41) is 2.71. The first-order valence-electron chi connectivity index (χ1n) is 23.1. The lowest BCUT2D eigenvalue weighted by atomic mass is 9.60. The Kier molecular flexibility index (Phi) is 11.4.